The number of halogens is 1. The summed E-state index contributed by atoms with van der Waals surface area (Å²) < 4.78 is 1.04. The SMILES string of the molecule is CCC(NC(=O)CC(C)N)c1ccc(Br)cc1. The van der Waals surface area contributed by atoms with E-state index < -0.39 is 0 Å². The molecule has 0 saturated carbocycles. The van der Waals surface area contributed by atoms with Crippen LogP contribution in [-0.2, 0) is 4.79 Å². The van der Waals surface area contributed by atoms with E-state index in [9.17, 15) is 4.79 Å². The first kappa shape index (κ1) is 14.2. The largest absolute Gasteiger partial charge is 0.349 e. The van der Waals surface area contributed by atoms with Gasteiger partial charge < -0.3 is 11.1 Å². The predicted molar refractivity (Wildman–Crippen MR) is 73.6 cm³/mol. The van der Waals surface area contributed by atoms with E-state index in [4.69, 9.17) is 5.73 Å². The molecular weight excluding hydrogens is 280 g/mol. The Balaban J connectivity index is 2.65. The van der Waals surface area contributed by atoms with Gasteiger partial charge in [0.2, 0.25) is 5.91 Å². The first-order chi connectivity index (χ1) is 8.02. The summed E-state index contributed by atoms with van der Waals surface area (Å²) in [4.78, 5) is 11.7. The highest BCUT2D eigenvalue weighted by molar-refractivity contribution is 9.10. The number of carbonyl (C=O) groups excluding carboxylic acids is 1. The first-order valence-corrected chi connectivity index (χ1v) is 6.62. The molecule has 1 aromatic rings. The van der Waals surface area contributed by atoms with Gasteiger partial charge in [0.1, 0.15) is 0 Å². The number of benzene rings is 1. The summed E-state index contributed by atoms with van der Waals surface area (Å²) in [5, 5.41) is 3.00. The molecule has 17 heavy (non-hydrogen) atoms. The summed E-state index contributed by atoms with van der Waals surface area (Å²) in [6, 6.07) is 7.96. The van der Waals surface area contributed by atoms with Crippen molar-refractivity contribution in [1.82, 2.24) is 5.32 Å². The molecule has 2 unspecified atom stereocenters. The van der Waals surface area contributed by atoms with Crippen molar-refractivity contribution in [1.29, 1.82) is 0 Å². The molecule has 0 radical (unpaired) electrons. The van der Waals surface area contributed by atoms with Crippen LogP contribution in [0.25, 0.3) is 0 Å². The van der Waals surface area contributed by atoms with Crippen LogP contribution in [0, 0.1) is 0 Å². The lowest BCUT2D eigenvalue weighted by atomic mass is 10.0. The van der Waals surface area contributed by atoms with Crippen LogP contribution in [0.15, 0.2) is 28.7 Å². The number of hydrogen-bond donors (Lipinski definition) is 2. The third-order valence-corrected chi connectivity index (χ3v) is 3.05. The Morgan fingerprint density at radius 2 is 2.00 bits per heavy atom. The van der Waals surface area contributed by atoms with Gasteiger partial charge in [-0.3, -0.25) is 4.79 Å². The van der Waals surface area contributed by atoms with Crippen molar-refractivity contribution < 1.29 is 4.79 Å². The summed E-state index contributed by atoms with van der Waals surface area (Å²) >= 11 is 3.40. The Morgan fingerprint density at radius 3 is 2.47 bits per heavy atom. The third kappa shape index (κ3) is 4.88. The van der Waals surface area contributed by atoms with Crippen LogP contribution in [0.3, 0.4) is 0 Å². The van der Waals surface area contributed by atoms with Gasteiger partial charge in [-0.25, -0.2) is 0 Å². The molecule has 2 atom stereocenters. The van der Waals surface area contributed by atoms with E-state index in [0.29, 0.717) is 6.42 Å². The van der Waals surface area contributed by atoms with Crippen LogP contribution in [0.4, 0.5) is 0 Å². The lowest BCUT2D eigenvalue weighted by Gasteiger charge is -2.18. The standard InChI is InChI=1S/C13H19BrN2O/c1-3-12(16-13(17)8-9(2)15)10-4-6-11(14)7-5-10/h4-7,9,12H,3,8,15H2,1-2H3,(H,16,17). The average Bonchev–Trinajstić information content (AvgIpc) is 2.26. The Hall–Kier alpha value is -0.870. The maximum atomic E-state index is 11.7. The fourth-order valence-corrected chi connectivity index (χ4v) is 1.93. The maximum absolute atomic E-state index is 11.7. The second kappa shape index (κ2) is 6.77. The summed E-state index contributed by atoms with van der Waals surface area (Å²) in [5.41, 5.74) is 6.72. The third-order valence-electron chi connectivity index (χ3n) is 2.52. The Bertz CT molecular complexity index is 362. The van der Waals surface area contributed by atoms with Gasteiger partial charge in [0.05, 0.1) is 6.04 Å². The quantitative estimate of drug-likeness (QED) is 0.878. The number of carbonyl (C=O) groups is 1. The van der Waals surface area contributed by atoms with E-state index in [1.54, 1.807) is 0 Å². The van der Waals surface area contributed by atoms with Crippen LogP contribution in [0.1, 0.15) is 38.3 Å². The average molecular weight is 299 g/mol. The molecule has 0 aromatic heterocycles. The van der Waals surface area contributed by atoms with Gasteiger partial charge in [-0.2, -0.15) is 0 Å². The molecule has 4 heteroatoms. The van der Waals surface area contributed by atoms with Gasteiger partial charge >= 0.3 is 0 Å². The van der Waals surface area contributed by atoms with Crippen LogP contribution in [0.5, 0.6) is 0 Å². The van der Waals surface area contributed by atoms with Crippen molar-refractivity contribution in [2.75, 3.05) is 0 Å². The van der Waals surface area contributed by atoms with Gasteiger partial charge in [0, 0.05) is 16.9 Å². The summed E-state index contributed by atoms with van der Waals surface area (Å²) in [6.45, 7) is 3.89. The van der Waals surface area contributed by atoms with Crippen LogP contribution >= 0.6 is 15.9 Å². The van der Waals surface area contributed by atoms with Crippen molar-refractivity contribution in [3.8, 4) is 0 Å². The van der Waals surface area contributed by atoms with Crippen molar-refractivity contribution >= 4 is 21.8 Å². The molecular formula is C13H19BrN2O. The molecule has 0 bridgehead atoms. The van der Waals surface area contributed by atoms with Gasteiger partial charge in [-0.05, 0) is 31.0 Å². The molecule has 0 aliphatic carbocycles. The molecule has 94 valence electrons. The molecule has 1 amide bonds. The molecule has 0 aliphatic heterocycles. The Labute approximate surface area is 111 Å². The van der Waals surface area contributed by atoms with Crippen molar-refractivity contribution in [2.24, 2.45) is 5.73 Å². The van der Waals surface area contributed by atoms with E-state index in [-0.39, 0.29) is 18.0 Å². The minimum atomic E-state index is -0.0996. The van der Waals surface area contributed by atoms with Crippen molar-refractivity contribution in [3.63, 3.8) is 0 Å². The molecule has 1 rings (SSSR count). The molecule has 0 fully saturated rings. The van der Waals surface area contributed by atoms with Crippen LogP contribution in [-0.4, -0.2) is 11.9 Å². The van der Waals surface area contributed by atoms with Crippen LogP contribution < -0.4 is 11.1 Å². The highest BCUT2D eigenvalue weighted by Gasteiger charge is 2.13. The van der Waals surface area contributed by atoms with Crippen LogP contribution in [0.2, 0.25) is 0 Å². The number of nitrogens with one attached hydrogen (secondary N) is 1. The van der Waals surface area contributed by atoms with E-state index in [1.807, 2.05) is 31.2 Å². The molecule has 3 N–H and O–H groups in total. The van der Waals surface area contributed by atoms with Gasteiger partial charge in [0.15, 0.2) is 0 Å². The van der Waals surface area contributed by atoms with Gasteiger partial charge in [0.25, 0.3) is 0 Å². The summed E-state index contributed by atoms with van der Waals surface area (Å²) in [7, 11) is 0. The first-order valence-electron chi connectivity index (χ1n) is 5.83. The highest BCUT2D eigenvalue weighted by Crippen LogP contribution is 2.19. The maximum Gasteiger partial charge on any atom is 0.222 e. The molecule has 0 saturated heterocycles. The monoisotopic (exact) mass is 298 g/mol. The molecule has 0 spiro atoms. The highest BCUT2D eigenvalue weighted by atomic mass is 79.9. The topological polar surface area (TPSA) is 55.1 Å². The number of hydrogen-bond acceptors (Lipinski definition) is 2. The van der Waals surface area contributed by atoms with Gasteiger partial charge in [-0.15, -0.1) is 0 Å². The molecule has 0 aliphatic rings. The molecule has 3 nitrogen and oxygen atoms in total. The lowest BCUT2D eigenvalue weighted by molar-refractivity contribution is -0.122. The zero-order valence-corrected chi connectivity index (χ0v) is 11.8. The lowest BCUT2D eigenvalue weighted by Crippen LogP contribution is -2.32. The predicted octanol–water partition coefficient (Wildman–Crippen LogP) is 2.75. The molecule has 0 heterocycles. The Morgan fingerprint density at radius 1 is 1.41 bits per heavy atom. The smallest absolute Gasteiger partial charge is 0.222 e. The normalized spacial score (nSPS) is 14.1. The zero-order chi connectivity index (χ0) is 12.8. The van der Waals surface area contributed by atoms with Gasteiger partial charge in [-0.1, -0.05) is 35.0 Å². The van der Waals surface area contributed by atoms with E-state index in [2.05, 4.69) is 28.2 Å². The zero-order valence-electron chi connectivity index (χ0n) is 10.2. The number of amides is 1. The van der Waals surface area contributed by atoms with E-state index in [0.717, 1.165) is 16.5 Å². The number of rotatable bonds is 5. The summed E-state index contributed by atoms with van der Waals surface area (Å²) in [6.07, 6.45) is 1.24. The fraction of sp³-hybridized carbons (Fsp3) is 0.462. The summed E-state index contributed by atoms with van der Waals surface area (Å²) in [5.74, 6) is 0.00905. The Kier molecular flexibility index (Phi) is 5.65. The second-order valence-corrected chi connectivity index (χ2v) is 5.18. The second-order valence-electron chi connectivity index (χ2n) is 4.26. The molecule has 1 aromatic carbocycles. The number of nitrogens with two attached hydrogens (primary N) is 1. The minimum absolute atomic E-state index is 0.00905. The van der Waals surface area contributed by atoms with Crippen molar-refractivity contribution in [3.05, 3.63) is 34.3 Å². The van der Waals surface area contributed by atoms with E-state index >= 15 is 0 Å². The van der Waals surface area contributed by atoms with E-state index in [1.165, 1.54) is 0 Å². The fourth-order valence-electron chi connectivity index (χ4n) is 1.66. The minimum Gasteiger partial charge on any atom is -0.349 e. The van der Waals surface area contributed by atoms with Crippen molar-refractivity contribution in [2.45, 2.75) is 38.8 Å².